The molecule has 0 unspecified atom stereocenters. The molecule has 2 amide bonds. The summed E-state index contributed by atoms with van der Waals surface area (Å²) in [7, 11) is 0. The van der Waals surface area contributed by atoms with Gasteiger partial charge in [-0.1, -0.05) is 62.2 Å². The largest absolute Gasteiger partial charge is 0.445 e. The van der Waals surface area contributed by atoms with Crippen molar-refractivity contribution in [1.29, 1.82) is 0 Å². The summed E-state index contributed by atoms with van der Waals surface area (Å²) in [5.41, 5.74) is 1.52. The number of hydrogen-bond acceptors (Lipinski definition) is 5. The third-order valence-corrected chi connectivity index (χ3v) is 5.85. The van der Waals surface area contributed by atoms with Gasteiger partial charge in [0.2, 0.25) is 5.91 Å². The number of alkyl carbamates (subject to hydrolysis) is 1. The van der Waals surface area contributed by atoms with Crippen molar-refractivity contribution in [2.75, 3.05) is 0 Å². The highest BCUT2D eigenvalue weighted by Crippen LogP contribution is 2.24. The Morgan fingerprint density at radius 2 is 1.75 bits per heavy atom. The Hall–Kier alpha value is -3.42. The lowest BCUT2D eigenvalue weighted by Gasteiger charge is -2.31. The van der Waals surface area contributed by atoms with Gasteiger partial charge in [-0.05, 0) is 29.9 Å². The molecule has 2 N–H and O–H groups in total. The van der Waals surface area contributed by atoms with Gasteiger partial charge in [0.05, 0.1) is 4.92 Å². The summed E-state index contributed by atoms with van der Waals surface area (Å²) < 4.78 is 5.29. The Morgan fingerprint density at radius 1 is 1.06 bits per heavy atom. The van der Waals surface area contributed by atoms with Crippen LogP contribution >= 0.6 is 0 Å². The summed E-state index contributed by atoms with van der Waals surface area (Å²) in [5.74, 6) is 0.0940. The fourth-order valence-electron chi connectivity index (χ4n) is 3.92. The lowest BCUT2D eigenvalue weighted by Crippen LogP contribution is -2.52. The summed E-state index contributed by atoms with van der Waals surface area (Å²) >= 11 is 0. The van der Waals surface area contributed by atoms with Crippen LogP contribution in [0.15, 0.2) is 54.6 Å². The first kappa shape index (κ1) is 23.2. The van der Waals surface area contributed by atoms with Crippen LogP contribution in [0.1, 0.15) is 43.7 Å². The zero-order valence-electron chi connectivity index (χ0n) is 18.2. The highest BCUT2D eigenvalue weighted by Gasteiger charge is 2.28. The monoisotopic (exact) mass is 439 g/mol. The number of rotatable bonds is 8. The zero-order chi connectivity index (χ0) is 22.9. The first-order valence-electron chi connectivity index (χ1n) is 10.9. The van der Waals surface area contributed by atoms with Crippen molar-refractivity contribution in [2.24, 2.45) is 5.92 Å². The average Bonchev–Trinajstić information content (AvgIpc) is 2.80. The molecule has 0 aromatic heterocycles. The minimum atomic E-state index is -0.853. The smallest absolute Gasteiger partial charge is 0.408 e. The van der Waals surface area contributed by atoms with E-state index in [2.05, 4.69) is 17.6 Å². The molecular formula is C24H29N3O5. The standard InChI is InChI=1S/C24H29N3O5/c1-17-7-5-6-10-21(17)25-23(28)22(15-18-11-13-20(14-12-18)27(30)31)26-24(29)32-16-19-8-3-2-4-9-19/h2-4,8-9,11-14,17,21-22H,5-7,10,15-16H2,1H3,(H,25,28)(H,26,29)/t17-,21+,22-/m0/s1. The summed E-state index contributed by atoms with van der Waals surface area (Å²) in [5, 5.41) is 16.6. The number of nitrogens with one attached hydrogen (secondary N) is 2. The van der Waals surface area contributed by atoms with E-state index in [0.717, 1.165) is 31.2 Å². The molecule has 170 valence electrons. The van der Waals surface area contributed by atoms with E-state index in [4.69, 9.17) is 4.74 Å². The van der Waals surface area contributed by atoms with E-state index in [1.807, 2.05) is 30.3 Å². The van der Waals surface area contributed by atoms with E-state index in [1.54, 1.807) is 12.1 Å². The molecule has 0 heterocycles. The predicted octanol–water partition coefficient (Wildman–Crippen LogP) is 4.13. The molecule has 8 nitrogen and oxygen atoms in total. The number of amides is 2. The molecule has 2 aromatic rings. The molecule has 0 saturated heterocycles. The lowest BCUT2D eigenvalue weighted by molar-refractivity contribution is -0.384. The first-order valence-corrected chi connectivity index (χ1v) is 10.9. The van der Waals surface area contributed by atoms with Crippen LogP contribution in [-0.4, -0.2) is 29.0 Å². The van der Waals surface area contributed by atoms with Crippen molar-refractivity contribution < 1.29 is 19.2 Å². The van der Waals surface area contributed by atoms with Gasteiger partial charge in [0.15, 0.2) is 0 Å². The molecule has 2 aromatic carbocycles. The van der Waals surface area contributed by atoms with Crippen molar-refractivity contribution in [3.05, 3.63) is 75.8 Å². The lowest BCUT2D eigenvalue weighted by atomic mass is 9.85. The molecule has 0 spiro atoms. The first-order chi connectivity index (χ1) is 15.4. The van der Waals surface area contributed by atoms with Gasteiger partial charge in [-0.3, -0.25) is 14.9 Å². The van der Waals surface area contributed by atoms with Crippen LogP contribution in [0.4, 0.5) is 10.5 Å². The Morgan fingerprint density at radius 3 is 2.41 bits per heavy atom. The molecule has 32 heavy (non-hydrogen) atoms. The van der Waals surface area contributed by atoms with Crippen LogP contribution in [0.5, 0.6) is 0 Å². The SMILES string of the molecule is C[C@H]1CCCC[C@H]1NC(=O)[C@H](Cc1ccc([N+](=O)[O-])cc1)NC(=O)OCc1ccccc1. The van der Waals surface area contributed by atoms with Crippen molar-refractivity contribution in [3.63, 3.8) is 0 Å². The third kappa shape index (κ3) is 6.80. The molecule has 1 aliphatic carbocycles. The second-order valence-corrected chi connectivity index (χ2v) is 8.26. The Kier molecular flexibility index (Phi) is 8.19. The number of nitro benzene ring substituents is 1. The molecular weight excluding hydrogens is 410 g/mol. The maximum atomic E-state index is 13.1. The van der Waals surface area contributed by atoms with E-state index in [9.17, 15) is 19.7 Å². The van der Waals surface area contributed by atoms with Crippen LogP contribution in [0, 0.1) is 16.0 Å². The number of carbonyl (C=O) groups is 2. The molecule has 0 bridgehead atoms. The molecule has 0 aliphatic heterocycles. The van der Waals surface area contributed by atoms with Gasteiger partial charge in [0.1, 0.15) is 12.6 Å². The highest BCUT2D eigenvalue weighted by atomic mass is 16.6. The van der Waals surface area contributed by atoms with Gasteiger partial charge in [-0.25, -0.2) is 4.79 Å². The van der Waals surface area contributed by atoms with Crippen LogP contribution in [0.2, 0.25) is 0 Å². The number of nitrogens with zero attached hydrogens (tertiary/aromatic N) is 1. The molecule has 1 fully saturated rings. The summed E-state index contributed by atoms with van der Waals surface area (Å²) in [4.78, 5) is 35.9. The van der Waals surface area contributed by atoms with Gasteiger partial charge in [0.25, 0.3) is 5.69 Å². The van der Waals surface area contributed by atoms with E-state index < -0.39 is 17.1 Å². The molecule has 8 heteroatoms. The summed E-state index contributed by atoms with van der Waals surface area (Å²) in [6, 6.07) is 14.5. The number of benzene rings is 2. The predicted molar refractivity (Wildman–Crippen MR) is 120 cm³/mol. The van der Waals surface area contributed by atoms with Gasteiger partial charge in [0, 0.05) is 24.6 Å². The normalized spacial score (nSPS) is 18.9. The van der Waals surface area contributed by atoms with Crippen LogP contribution in [0.25, 0.3) is 0 Å². The topological polar surface area (TPSA) is 111 Å². The Balaban J connectivity index is 1.66. The van der Waals surface area contributed by atoms with Gasteiger partial charge >= 0.3 is 6.09 Å². The zero-order valence-corrected chi connectivity index (χ0v) is 18.2. The molecule has 3 rings (SSSR count). The van der Waals surface area contributed by atoms with Crippen molar-refractivity contribution >= 4 is 17.7 Å². The number of non-ortho nitro benzene ring substituents is 1. The van der Waals surface area contributed by atoms with Crippen LogP contribution in [0.3, 0.4) is 0 Å². The number of nitro groups is 1. The summed E-state index contributed by atoms with van der Waals surface area (Å²) in [6.45, 7) is 2.22. The fraction of sp³-hybridized carbons (Fsp3) is 0.417. The van der Waals surface area contributed by atoms with Crippen molar-refractivity contribution in [3.8, 4) is 0 Å². The number of carbonyl (C=O) groups excluding carboxylic acids is 2. The number of hydrogen-bond donors (Lipinski definition) is 2. The second-order valence-electron chi connectivity index (χ2n) is 8.26. The number of ether oxygens (including phenoxy) is 1. The minimum Gasteiger partial charge on any atom is -0.445 e. The maximum absolute atomic E-state index is 13.1. The Bertz CT molecular complexity index is 917. The molecule has 1 saturated carbocycles. The highest BCUT2D eigenvalue weighted by molar-refractivity contribution is 5.86. The quantitative estimate of drug-likeness (QED) is 0.475. The third-order valence-electron chi connectivity index (χ3n) is 5.85. The van der Waals surface area contributed by atoms with E-state index in [-0.39, 0.29) is 30.7 Å². The molecule has 3 atom stereocenters. The minimum absolute atomic E-state index is 0.0268. The van der Waals surface area contributed by atoms with E-state index in [1.165, 1.54) is 12.1 Å². The van der Waals surface area contributed by atoms with E-state index in [0.29, 0.717) is 11.5 Å². The van der Waals surface area contributed by atoms with Gasteiger partial charge in [-0.15, -0.1) is 0 Å². The van der Waals surface area contributed by atoms with Gasteiger partial charge < -0.3 is 15.4 Å². The van der Waals surface area contributed by atoms with Gasteiger partial charge in [-0.2, -0.15) is 0 Å². The maximum Gasteiger partial charge on any atom is 0.408 e. The fourth-order valence-corrected chi connectivity index (χ4v) is 3.92. The van der Waals surface area contributed by atoms with Crippen LogP contribution in [-0.2, 0) is 22.6 Å². The van der Waals surface area contributed by atoms with Crippen molar-refractivity contribution in [1.82, 2.24) is 10.6 Å². The van der Waals surface area contributed by atoms with Crippen molar-refractivity contribution in [2.45, 2.75) is 57.7 Å². The molecule has 1 aliphatic rings. The summed E-state index contributed by atoms with van der Waals surface area (Å²) in [6.07, 6.45) is 3.71. The second kappa shape index (κ2) is 11.3. The molecule has 0 radical (unpaired) electrons. The average molecular weight is 440 g/mol. The van der Waals surface area contributed by atoms with Crippen LogP contribution < -0.4 is 10.6 Å². The Labute approximate surface area is 187 Å². The van der Waals surface area contributed by atoms with E-state index >= 15 is 0 Å².